The zero-order valence-electron chi connectivity index (χ0n) is 6.60. The van der Waals surface area contributed by atoms with Gasteiger partial charge in [0.2, 0.25) is 0 Å². The molecule has 0 fully saturated rings. The van der Waals surface area contributed by atoms with Crippen molar-refractivity contribution in [2.75, 3.05) is 7.11 Å². The molecule has 0 aliphatic carbocycles. The Kier molecular flexibility index (Phi) is 3.54. The fourth-order valence-electron chi connectivity index (χ4n) is 0.435. The maximum atomic E-state index is 10.8. The Morgan fingerprint density at radius 1 is 1.60 bits per heavy atom. The van der Waals surface area contributed by atoms with Crippen molar-refractivity contribution in [2.24, 2.45) is 0 Å². The van der Waals surface area contributed by atoms with Gasteiger partial charge >= 0.3 is 0 Å². The summed E-state index contributed by atoms with van der Waals surface area (Å²) < 4.78 is 4.61. The Hall–Kier alpha value is -0.990. The molecule has 1 amide bonds. The number of ether oxygens (including phenoxy) is 1. The molecule has 58 valence electrons. The van der Waals surface area contributed by atoms with Crippen molar-refractivity contribution in [3.8, 4) is 0 Å². The van der Waals surface area contributed by atoms with E-state index in [1.165, 1.54) is 7.11 Å². The molecule has 0 saturated carbocycles. The van der Waals surface area contributed by atoms with Gasteiger partial charge in [0.05, 0.1) is 7.11 Å². The fourth-order valence-corrected chi connectivity index (χ4v) is 0.435. The van der Waals surface area contributed by atoms with E-state index in [0.29, 0.717) is 0 Å². The van der Waals surface area contributed by atoms with E-state index in [2.05, 4.69) is 16.6 Å². The second-order valence-corrected chi connectivity index (χ2v) is 2.26. The molecule has 0 atom stereocenters. The van der Waals surface area contributed by atoms with Crippen molar-refractivity contribution >= 4 is 5.91 Å². The predicted octanol–water partition coefficient (Wildman–Crippen LogP) is 0.671. The van der Waals surface area contributed by atoms with Crippen LogP contribution in [0.1, 0.15) is 13.8 Å². The topological polar surface area (TPSA) is 38.3 Å². The standard InChI is InChI=1S/C7H13NO2/c1-5(2)8-7(9)6(3)10-4/h5H,3H2,1-2,4H3,(H,8,9). The molecule has 1 N–H and O–H groups in total. The van der Waals surface area contributed by atoms with Crippen LogP contribution >= 0.6 is 0 Å². The minimum absolute atomic E-state index is 0.124. The third-order valence-corrected chi connectivity index (χ3v) is 0.919. The van der Waals surface area contributed by atoms with E-state index in [-0.39, 0.29) is 17.7 Å². The maximum Gasteiger partial charge on any atom is 0.285 e. The summed E-state index contributed by atoms with van der Waals surface area (Å²) >= 11 is 0. The van der Waals surface area contributed by atoms with Crippen molar-refractivity contribution in [3.05, 3.63) is 12.3 Å². The Bertz CT molecular complexity index is 141. The van der Waals surface area contributed by atoms with Crippen LogP contribution in [0, 0.1) is 0 Å². The first kappa shape index (κ1) is 9.01. The minimum Gasteiger partial charge on any atom is -0.492 e. The van der Waals surface area contributed by atoms with Crippen LogP contribution in [0.2, 0.25) is 0 Å². The molecular formula is C7H13NO2. The molecule has 0 saturated heterocycles. The van der Waals surface area contributed by atoms with Gasteiger partial charge in [0.1, 0.15) is 0 Å². The highest BCUT2D eigenvalue weighted by molar-refractivity contribution is 5.90. The highest BCUT2D eigenvalue weighted by atomic mass is 16.5. The molecule has 0 aromatic heterocycles. The Morgan fingerprint density at radius 3 is 2.40 bits per heavy atom. The maximum absolute atomic E-state index is 10.8. The fraction of sp³-hybridized carbons (Fsp3) is 0.571. The van der Waals surface area contributed by atoms with Crippen LogP contribution in [-0.4, -0.2) is 19.1 Å². The van der Waals surface area contributed by atoms with Gasteiger partial charge in [-0.25, -0.2) is 0 Å². The van der Waals surface area contributed by atoms with Gasteiger partial charge in [0, 0.05) is 6.04 Å². The molecule has 0 radical (unpaired) electrons. The molecule has 0 aromatic rings. The van der Waals surface area contributed by atoms with E-state index in [1.54, 1.807) is 0 Å². The first-order valence-electron chi connectivity index (χ1n) is 3.11. The third kappa shape index (κ3) is 3.12. The van der Waals surface area contributed by atoms with Crippen molar-refractivity contribution < 1.29 is 9.53 Å². The van der Waals surface area contributed by atoms with Gasteiger partial charge in [-0.1, -0.05) is 6.58 Å². The summed E-state index contributed by atoms with van der Waals surface area (Å²) in [4.78, 5) is 10.8. The van der Waals surface area contributed by atoms with E-state index in [4.69, 9.17) is 0 Å². The van der Waals surface area contributed by atoms with E-state index < -0.39 is 0 Å². The Balaban J connectivity index is 3.74. The first-order chi connectivity index (χ1) is 4.57. The number of hydrogen-bond acceptors (Lipinski definition) is 2. The molecule has 3 nitrogen and oxygen atoms in total. The van der Waals surface area contributed by atoms with Crippen LogP contribution in [-0.2, 0) is 9.53 Å². The normalized spacial score (nSPS) is 9.20. The van der Waals surface area contributed by atoms with Gasteiger partial charge in [-0.15, -0.1) is 0 Å². The zero-order chi connectivity index (χ0) is 8.15. The molecule has 0 heterocycles. The first-order valence-corrected chi connectivity index (χ1v) is 3.11. The van der Waals surface area contributed by atoms with Gasteiger partial charge in [-0.2, -0.15) is 0 Å². The minimum atomic E-state index is -0.252. The van der Waals surface area contributed by atoms with Crippen molar-refractivity contribution in [1.82, 2.24) is 5.32 Å². The van der Waals surface area contributed by atoms with Crippen molar-refractivity contribution in [2.45, 2.75) is 19.9 Å². The van der Waals surface area contributed by atoms with E-state index in [0.717, 1.165) is 0 Å². The summed E-state index contributed by atoms with van der Waals surface area (Å²) in [6.45, 7) is 7.14. The molecular weight excluding hydrogens is 130 g/mol. The van der Waals surface area contributed by atoms with Crippen LogP contribution in [0.25, 0.3) is 0 Å². The summed E-state index contributed by atoms with van der Waals surface area (Å²) in [5, 5.41) is 2.63. The van der Waals surface area contributed by atoms with Gasteiger partial charge in [0.15, 0.2) is 5.76 Å². The van der Waals surface area contributed by atoms with Crippen LogP contribution in [0.15, 0.2) is 12.3 Å². The lowest BCUT2D eigenvalue weighted by Gasteiger charge is -2.08. The molecule has 0 bridgehead atoms. The lowest BCUT2D eigenvalue weighted by Crippen LogP contribution is -2.31. The smallest absolute Gasteiger partial charge is 0.285 e. The molecule has 3 heteroatoms. The average molecular weight is 143 g/mol. The van der Waals surface area contributed by atoms with Gasteiger partial charge in [-0.3, -0.25) is 4.79 Å². The number of amides is 1. The molecule has 0 aliphatic rings. The Labute approximate surface area is 61.1 Å². The number of hydrogen-bond donors (Lipinski definition) is 1. The quantitative estimate of drug-likeness (QED) is 0.466. The van der Waals surface area contributed by atoms with Gasteiger partial charge in [-0.05, 0) is 13.8 Å². The van der Waals surface area contributed by atoms with Gasteiger partial charge < -0.3 is 10.1 Å². The lowest BCUT2D eigenvalue weighted by atomic mass is 10.4. The molecule has 0 rings (SSSR count). The molecule has 0 unspecified atom stereocenters. The van der Waals surface area contributed by atoms with Crippen LogP contribution < -0.4 is 5.32 Å². The number of rotatable bonds is 3. The second kappa shape index (κ2) is 3.93. The SMILES string of the molecule is C=C(OC)C(=O)NC(C)C. The summed E-state index contributed by atoms with van der Waals surface area (Å²) in [5.74, 6) is -0.105. The van der Waals surface area contributed by atoms with Gasteiger partial charge in [0.25, 0.3) is 5.91 Å². The zero-order valence-corrected chi connectivity index (χ0v) is 6.60. The summed E-state index contributed by atoms with van der Waals surface area (Å²) in [7, 11) is 1.42. The molecule has 10 heavy (non-hydrogen) atoms. The highest BCUT2D eigenvalue weighted by Crippen LogP contribution is 1.90. The molecule has 0 aromatic carbocycles. The lowest BCUT2D eigenvalue weighted by molar-refractivity contribution is -0.120. The summed E-state index contributed by atoms with van der Waals surface area (Å²) in [6.07, 6.45) is 0. The van der Waals surface area contributed by atoms with E-state index >= 15 is 0 Å². The predicted molar refractivity (Wildman–Crippen MR) is 39.4 cm³/mol. The number of methoxy groups -OCH3 is 1. The van der Waals surface area contributed by atoms with Crippen LogP contribution in [0.4, 0.5) is 0 Å². The number of carbonyl (C=O) groups is 1. The highest BCUT2D eigenvalue weighted by Gasteiger charge is 2.06. The largest absolute Gasteiger partial charge is 0.492 e. The van der Waals surface area contributed by atoms with Crippen LogP contribution in [0.5, 0.6) is 0 Å². The van der Waals surface area contributed by atoms with Crippen LogP contribution in [0.3, 0.4) is 0 Å². The third-order valence-electron chi connectivity index (χ3n) is 0.919. The summed E-state index contributed by atoms with van der Waals surface area (Å²) in [6, 6.07) is 0.124. The molecule has 0 spiro atoms. The second-order valence-electron chi connectivity index (χ2n) is 2.26. The van der Waals surface area contributed by atoms with E-state index in [9.17, 15) is 4.79 Å². The Morgan fingerprint density at radius 2 is 2.10 bits per heavy atom. The molecule has 0 aliphatic heterocycles. The summed E-state index contributed by atoms with van der Waals surface area (Å²) in [5.41, 5.74) is 0. The van der Waals surface area contributed by atoms with Crippen molar-refractivity contribution in [3.63, 3.8) is 0 Å². The average Bonchev–Trinajstić information content (AvgIpc) is 1.85. The number of carbonyl (C=O) groups excluding carboxylic acids is 1. The number of nitrogens with one attached hydrogen (secondary N) is 1. The van der Waals surface area contributed by atoms with E-state index in [1.807, 2.05) is 13.8 Å². The van der Waals surface area contributed by atoms with Crippen molar-refractivity contribution in [1.29, 1.82) is 0 Å². The monoisotopic (exact) mass is 143 g/mol.